The Kier molecular flexibility index (Phi) is 4.75. The van der Waals surface area contributed by atoms with Gasteiger partial charge < -0.3 is 5.32 Å². The summed E-state index contributed by atoms with van der Waals surface area (Å²) in [5.41, 5.74) is 6.90. The quantitative estimate of drug-likeness (QED) is 0.773. The number of hydrogen-bond acceptors (Lipinski definition) is 3. The van der Waals surface area contributed by atoms with Crippen molar-refractivity contribution in [3.8, 4) is 5.69 Å². The Morgan fingerprint density at radius 1 is 1.22 bits per heavy atom. The van der Waals surface area contributed by atoms with E-state index in [-0.39, 0.29) is 11.9 Å². The number of nitrogens with zero attached hydrogens (tertiary/aromatic N) is 3. The Bertz CT molecular complexity index is 962. The molecule has 1 aliphatic rings. The lowest BCUT2D eigenvalue weighted by molar-refractivity contribution is -0.121. The molecule has 0 unspecified atom stereocenters. The van der Waals surface area contributed by atoms with Crippen molar-refractivity contribution < 1.29 is 4.79 Å². The van der Waals surface area contributed by atoms with E-state index < -0.39 is 0 Å². The molecule has 0 radical (unpaired) electrons. The van der Waals surface area contributed by atoms with E-state index in [2.05, 4.69) is 52.1 Å². The maximum absolute atomic E-state index is 12.5. The fourth-order valence-corrected chi connectivity index (χ4v) is 3.81. The van der Waals surface area contributed by atoms with Gasteiger partial charge in [-0.2, -0.15) is 5.10 Å². The van der Waals surface area contributed by atoms with Gasteiger partial charge in [0.15, 0.2) is 0 Å². The number of aromatic nitrogens is 3. The zero-order chi connectivity index (χ0) is 18.8. The molecule has 2 aromatic heterocycles. The highest BCUT2D eigenvalue weighted by Gasteiger charge is 2.26. The normalized spacial score (nSPS) is 16.0. The molecule has 1 N–H and O–H groups in total. The third kappa shape index (κ3) is 3.50. The summed E-state index contributed by atoms with van der Waals surface area (Å²) < 4.78 is 2.05. The van der Waals surface area contributed by atoms with Crippen molar-refractivity contribution in [2.24, 2.45) is 0 Å². The number of benzene rings is 1. The summed E-state index contributed by atoms with van der Waals surface area (Å²) in [6.07, 6.45) is 8.71. The van der Waals surface area contributed by atoms with Crippen LogP contribution in [0.3, 0.4) is 0 Å². The summed E-state index contributed by atoms with van der Waals surface area (Å²) in [6, 6.07) is 10.1. The monoisotopic (exact) mass is 360 g/mol. The highest BCUT2D eigenvalue weighted by Crippen LogP contribution is 2.32. The molecule has 3 aromatic rings. The molecule has 0 aliphatic heterocycles. The first kappa shape index (κ1) is 17.5. The van der Waals surface area contributed by atoms with Gasteiger partial charge in [-0.05, 0) is 61.9 Å². The second-order valence-corrected chi connectivity index (χ2v) is 7.23. The molecule has 27 heavy (non-hydrogen) atoms. The van der Waals surface area contributed by atoms with Crippen molar-refractivity contribution in [3.05, 3.63) is 76.9 Å². The predicted molar refractivity (Wildman–Crippen MR) is 105 cm³/mol. The molecule has 0 saturated heterocycles. The van der Waals surface area contributed by atoms with Gasteiger partial charge in [0.2, 0.25) is 5.91 Å². The Morgan fingerprint density at radius 2 is 2.11 bits per heavy atom. The van der Waals surface area contributed by atoms with Crippen molar-refractivity contribution in [2.75, 3.05) is 0 Å². The third-order valence-electron chi connectivity index (χ3n) is 5.41. The number of carbonyl (C=O) groups is 1. The minimum Gasteiger partial charge on any atom is -0.349 e. The lowest BCUT2D eigenvalue weighted by Gasteiger charge is -2.24. The van der Waals surface area contributed by atoms with E-state index in [4.69, 9.17) is 0 Å². The van der Waals surface area contributed by atoms with Crippen LogP contribution in [0.15, 0.2) is 48.9 Å². The van der Waals surface area contributed by atoms with Crippen LogP contribution in [0.1, 0.15) is 46.8 Å². The molecule has 0 bridgehead atoms. The Labute approximate surface area is 159 Å². The summed E-state index contributed by atoms with van der Waals surface area (Å²) in [5, 5.41) is 7.86. The van der Waals surface area contributed by atoms with Crippen LogP contribution >= 0.6 is 0 Å². The highest BCUT2D eigenvalue weighted by molar-refractivity contribution is 5.79. The molecule has 5 heteroatoms. The lowest BCUT2D eigenvalue weighted by Crippen LogP contribution is -2.32. The molecule has 1 aromatic carbocycles. The molecule has 1 atom stereocenters. The van der Waals surface area contributed by atoms with E-state index in [9.17, 15) is 4.79 Å². The van der Waals surface area contributed by atoms with Crippen LogP contribution < -0.4 is 5.32 Å². The molecule has 1 aliphatic carbocycles. The fraction of sp³-hybridized carbons (Fsp3) is 0.318. The summed E-state index contributed by atoms with van der Waals surface area (Å²) in [4.78, 5) is 16.6. The van der Waals surface area contributed by atoms with Crippen molar-refractivity contribution in [3.63, 3.8) is 0 Å². The van der Waals surface area contributed by atoms with Crippen LogP contribution in [-0.4, -0.2) is 20.7 Å². The topological polar surface area (TPSA) is 59.8 Å². The standard InChI is InChI=1S/C22H24N4O/c1-15-6-3-9-20(16(15)2)26-21-10-4-8-19(18(21)14-24-26)25-22(27)12-17-7-5-11-23-13-17/h3,5-7,9,11,13-14,19H,4,8,10,12H2,1-2H3,(H,25,27)/t19-/m0/s1. The van der Waals surface area contributed by atoms with Gasteiger partial charge in [-0.3, -0.25) is 9.78 Å². The van der Waals surface area contributed by atoms with E-state index in [1.807, 2.05) is 18.3 Å². The van der Waals surface area contributed by atoms with Crippen molar-refractivity contribution in [1.82, 2.24) is 20.1 Å². The Balaban J connectivity index is 1.57. The van der Waals surface area contributed by atoms with Gasteiger partial charge in [-0.1, -0.05) is 18.2 Å². The zero-order valence-electron chi connectivity index (χ0n) is 15.8. The molecule has 1 amide bonds. The van der Waals surface area contributed by atoms with Crippen LogP contribution in [0, 0.1) is 13.8 Å². The lowest BCUT2D eigenvalue weighted by atomic mass is 9.92. The minimum atomic E-state index is 0.0248. The average Bonchev–Trinajstić information content (AvgIpc) is 3.10. The van der Waals surface area contributed by atoms with Crippen molar-refractivity contribution in [1.29, 1.82) is 0 Å². The van der Waals surface area contributed by atoms with E-state index >= 15 is 0 Å². The number of amides is 1. The molecule has 0 spiro atoms. The smallest absolute Gasteiger partial charge is 0.224 e. The van der Waals surface area contributed by atoms with Crippen LogP contribution in [0.5, 0.6) is 0 Å². The van der Waals surface area contributed by atoms with Crippen molar-refractivity contribution in [2.45, 2.75) is 45.6 Å². The molecule has 0 saturated carbocycles. The largest absolute Gasteiger partial charge is 0.349 e. The summed E-state index contributed by atoms with van der Waals surface area (Å²) in [5.74, 6) is 0.0281. The SMILES string of the molecule is Cc1cccc(-n2ncc3c2CCC[C@@H]3NC(=O)Cc2cccnc2)c1C. The van der Waals surface area contributed by atoms with E-state index in [1.54, 1.807) is 12.4 Å². The Hall–Kier alpha value is -2.95. The van der Waals surface area contributed by atoms with Gasteiger partial charge in [-0.25, -0.2) is 4.68 Å². The molecule has 0 fully saturated rings. The van der Waals surface area contributed by atoms with Gasteiger partial charge in [0.25, 0.3) is 0 Å². The molecular formula is C22H24N4O. The Morgan fingerprint density at radius 3 is 2.93 bits per heavy atom. The first-order valence-electron chi connectivity index (χ1n) is 9.45. The number of nitrogens with one attached hydrogen (secondary N) is 1. The van der Waals surface area contributed by atoms with E-state index in [1.165, 1.54) is 16.8 Å². The van der Waals surface area contributed by atoms with Crippen LogP contribution in [0.25, 0.3) is 5.69 Å². The second-order valence-electron chi connectivity index (χ2n) is 7.23. The second kappa shape index (κ2) is 7.35. The number of carbonyl (C=O) groups excluding carboxylic acids is 1. The number of rotatable bonds is 4. The molecule has 138 valence electrons. The number of hydrogen-bond donors (Lipinski definition) is 1. The van der Waals surface area contributed by atoms with Gasteiger partial charge in [-0.15, -0.1) is 0 Å². The summed E-state index contributed by atoms with van der Waals surface area (Å²) in [7, 11) is 0. The van der Waals surface area contributed by atoms with Gasteiger partial charge in [0.1, 0.15) is 0 Å². The van der Waals surface area contributed by atoms with Crippen LogP contribution in [0.2, 0.25) is 0 Å². The first-order chi connectivity index (χ1) is 13.1. The van der Waals surface area contributed by atoms with Gasteiger partial charge in [0.05, 0.1) is 24.3 Å². The van der Waals surface area contributed by atoms with Crippen molar-refractivity contribution >= 4 is 5.91 Å². The molecular weight excluding hydrogens is 336 g/mol. The van der Waals surface area contributed by atoms with Gasteiger partial charge in [0, 0.05) is 23.7 Å². The number of aryl methyl sites for hydroxylation is 1. The fourth-order valence-electron chi connectivity index (χ4n) is 3.81. The maximum atomic E-state index is 12.5. The highest BCUT2D eigenvalue weighted by atomic mass is 16.1. The summed E-state index contributed by atoms with van der Waals surface area (Å²) in [6.45, 7) is 4.25. The molecule has 4 rings (SSSR count). The maximum Gasteiger partial charge on any atom is 0.224 e. The third-order valence-corrected chi connectivity index (χ3v) is 5.41. The summed E-state index contributed by atoms with van der Waals surface area (Å²) >= 11 is 0. The first-order valence-corrected chi connectivity index (χ1v) is 9.45. The molecule has 5 nitrogen and oxygen atoms in total. The minimum absolute atomic E-state index is 0.0248. The van der Waals surface area contributed by atoms with Crippen LogP contribution in [0.4, 0.5) is 0 Å². The average molecular weight is 360 g/mol. The number of fused-ring (bicyclic) bond motifs is 1. The van der Waals surface area contributed by atoms with Gasteiger partial charge >= 0.3 is 0 Å². The number of pyridine rings is 1. The van der Waals surface area contributed by atoms with Crippen LogP contribution in [-0.2, 0) is 17.6 Å². The zero-order valence-corrected chi connectivity index (χ0v) is 15.8. The predicted octanol–water partition coefficient (Wildman–Crippen LogP) is 3.62. The molecule has 2 heterocycles. The van der Waals surface area contributed by atoms with E-state index in [0.29, 0.717) is 6.42 Å². The van der Waals surface area contributed by atoms with E-state index in [0.717, 1.165) is 36.1 Å².